The topological polar surface area (TPSA) is 56.1 Å². The van der Waals surface area contributed by atoms with Crippen molar-refractivity contribution in [3.8, 4) is 5.88 Å². The lowest BCUT2D eigenvalue weighted by Crippen LogP contribution is -2.18. The molecule has 1 saturated carbocycles. The molecule has 1 aliphatic carbocycles. The molecule has 1 fully saturated rings. The summed E-state index contributed by atoms with van der Waals surface area (Å²) in [5, 5.41) is 2.85. The van der Waals surface area contributed by atoms with Crippen LogP contribution in [0, 0.1) is 17.6 Å². The van der Waals surface area contributed by atoms with Crippen LogP contribution >= 0.6 is 22.9 Å². The number of anilines is 1. The summed E-state index contributed by atoms with van der Waals surface area (Å²) in [6.07, 6.45) is 8.31. The summed E-state index contributed by atoms with van der Waals surface area (Å²) in [4.78, 5) is 16.3. The minimum atomic E-state index is -0.710. The van der Waals surface area contributed by atoms with E-state index in [-0.39, 0.29) is 6.54 Å². The van der Waals surface area contributed by atoms with Gasteiger partial charge in [0.25, 0.3) is 0 Å². The predicted molar refractivity (Wildman–Crippen MR) is 112 cm³/mol. The van der Waals surface area contributed by atoms with E-state index in [1.54, 1.807) is 4.57 Å². The third kappa shape index (κ3) is 5.37. The average molecular weight is 452 g/mol. The number of amides is 1. The Hall–Kier alpha value is -2.45. The molecule has 2 aromatic heterocycles. The third-order valence-electron chi connectivity index (χ3n) is 5.07. The van der Waals surface area contributed by atoms with Crippen molar-refractivity contribution >= 4 is 34.2 Å². The molecule has 0 unspecified atom stereocenters. The second-order valence-electron chi connectivity index (χ2n) is 7.43. The SMILES string of the molecule is O=C(Nc1ncc(Cl)s1)Oc1cc(CC2CCCC2)cn1Cc1cc(F)cc(F)c1. The van der Waals surface area contributed by atoms with Crippen molar-refractivity contribution in [2.45, 2.75) is 38.6 Å². The molecule has 0 radical (unpaired) electrons. The summed E-state index contributed by atoms with van der Waals surface area (Å²) in [6, 6.07) is 5.17. The fraction of sp³-hybridized carbons (Fsp3) is 0.333. The molecule has 0 spiro atoms. The standard InChI is InChI=1S/C21H20ClF2N3O2S/c22-18-10-25-20(30-18)26-21(28)29-19-8-14(5-13-3-1-2-4-13)11-27(19)12-15-6-16(23)9-17(24)7-15/h6-11,13H,1-5,12H2,(H,25,26,28). The summed E-state index contributed by atoms with van der Waals surface area (Å²) in [5.74, 6) is -0.396. The molecule has 0 atom stereocenters. The van der Waals surface area contributed by atoms with Crippen molar-refractivity contribution in [3.05, 3.63) is 63.8 Å². The molecule has 1 N–H and O–H groups in total. The molecular formula is C21H20ClF2N3O2S. The Morgan fingerprint density at radius 2 is 1.93 bits per heavy atom. The van der Waals surface area contributed by atoms with E-state index in [2.05, 4.69) is 10.3 Å². The van der Waals surface area contributed by atoms with Crippen LogP contribution in [0.2, 0.25) is 4.34 Å². The smallest absolute Gasteiger partial charge is 0.393 e. The van der Waals surface area contributed by atoms with Crippen molar-refractivity contribution in [2.75, 3.05) is 5.32 Å². The number of aromatic nitrogens is 2. The first-order chi connectivity index (χ1) is 14.4. The van der Waals surface area contributed by atoms with Crippen molar-refractivity contribution < 1.29 is 18.3 Å². The number of halogens is 3. The van der Waals surface area contributed by atoms with Crippen molar-refractivity contribution in [1.82, 2.24) is 9.55 Å². The van der Waals surface area contributed by atoms with Crippen LogP contribution in [0.3, 0.4) is 0 Å². The lowest BCUT2D eigenvalue weighted by molar-refractivity contribution is 0.211. The first kappa shape index (κ1) is 20.8. The second kappa shape index (κ2) is 9.14. The monoisotopic (exact) mass is 451 g/mol. The lowest BCUT2D eigenvalue weighted by atomic mass is 10.0. The molecule has 5 nitrogen and oxygen atoms in total. The molecule has 1 amide bonds. The first-order valence-electron chi connectivity index (χ1n) is 9.69. The highest BCUT2D eigenvalue weighted by Crippen LogP contribution is 2.30. The number of benzene rings is 1. The molecule has 4 rings (SSSR count). The number of hydrogen-bond donors (Lipinski definition) is 1. The van der Waals surface area contributed by atoms with E-state index in [1.165, 1.54) is 44.0 Å². The number of hydrogen-bond acceptors (Lipinski definition) is 4. The summed E-state index contributed by atoms with van der Waals surface area (Å²) < 4.78 is 34.8. The van der Waals surface area contributed by atoms with Crippen LogP contribution in [0.25, 0.3) is 0 Å². The Kier molecular flexibility index (Phi) is 6.34. The van der Waals surface area contributed by atoms with Gasteiger partial charge in [0.15, 0.2) is 5.13 Å². The Bertz CT molecular complexity index is 1030. The zero-order valence-corrected chi connectivity index (χ0v) is 17.6. The molecule has 1 aromatic carbocycles. The van der Waals surface area contributed by atoms with Gasteiger partial charge in [-0.1, -0.05) is 48.6 Å². The average Bonchev–Trinajstić information content (AvgIpc) is 3.38. The van der Waals surface area contributed by atoms with Gasteiger partial charge in [-0.2, -0.15) is 0 Å². The minimum Gasteiger partial charge on any atom is -0.393 e. The fourth-order valence-corrected chi connectivity index (χ4v) is 4.63. The maximum Gasteiger partial charge on any atom is 0.420 e. The molecule has 0 saturated heterocycles. The van der Waals surface area contributed by atoms with Gasteiger partial charge in [0.05, 0.1) is 12.7 Å². The predicted octanol–water partition coefficient (Wildman–Crippen LogP) is 6.27. The number of carbonyl (C=O) groups excluding carboxylic acids is 1. The van der Waals surface area contributed by atoms with Crippen LogP contribution in [0.5, 0.6) is 5.88 Å². The van der Waals surface area contributed by atoms with Crippen LogP contribution < -0.4 is 10.1 Å². The van der Waals surface area contributed by atoms with E-state index >= 15 is 0 Å². The van der Waals surface area contributed by atoms with Crippen molar-refractivity contribution in [3.63, 3.8) is 0 Å². The zero-order valence-electron chi connectivity index (χ0n) is 16.0. The number of thiazole rings is 1. The summed E-state index contributed by atoms with van der Waals surface area (Å²) in [7, 11) is 0. The minimum absolute atomic E-state index is 0.172. The highest BCUT2D eigenvalue weighted by molar-refractivity contribution is 7.19. The maximum atomic E-state index is 13.6. The maximum absolute atomic E-state index is 13.6. The molecule has 0 aliphatic heterocycles. The van der Waals surface area contributed by atoms with Gasteiger partial charge in [-0.05, 0) is 35.6 Å². The first-order valence-corrected chi connectivity index (χ1v) is 10.9. The van der Waals surface area contributed by atoms with Crippen LogP contribution in [0.15, 0.2) is 36.7 Å². The quantitative estimate of drug-likeness (QED) is 0.480. The highest BCUT2D eigenvalue weighted by atomic mass is 35.5. The van der Waals surface area contributed by atoms with Gasteiger partial charge in [0.1, 0.15) is 16.0 Å². The fourth-order valence-electron chi connectivity index (χ4n) is 3.83. The lowest BCUT2D eigenvalue weighted by Gasteiger charge is -2.10. The van der Waals surface area contributed by atoms with Crippen molar-refractivity contribution in [2.24, 2.45) is 5.92 Å². The Labute approximate surface area is 181 Å². The third-order valence-corrected chi connectivity index (χ3v) is 6.10. The van der Waals surface area contributed by atoms with Gasteiger partial charge in [-0.15, -0.1) is 0 Å². The molecule has 30 heavy (non-hydrogen) atoms. The summed E-state index contributed by atoms with van der Waals surface area (Å²) >= 11 is 6.94. The van der Waals surface area contributed by atoms with Gasteiger partial charge in [-0.25, -0.2) is 18.6 Å². The van der Waals surface area contributed by atoms with Crippen LogP contribution in [0.1, 0.15) is 36.8 Å². The van der Waals surface area contributed by atoms with Gasteiger partial charge >= 0.3 is 6.09 Å². The number of nitrogens with one attached hydrogen (secondary N) is 1. The molecule has 3 aromatic rings. The van der Waals surface area contributed by atoms with E-state index in [0.717, 1.165) is 29.4 Å². The second-order valence-corrected chi connectivity index (χ2v) is 9.09. The van der Waals surface area contributed by atoms with Gasteiger partial charge in [0.2, 0.25) is 5.88 Å². The van der Waals surface area contributed by atoms with Gasteiger partial charge in [-0.3, -0.25) is 5.32 Å². The molecule has 1 aliphatic rings. The number of ether oxygens (including phenoxy) is 1. The Morgan fingerprint density at radius 3 is 2.60 bits per heavy atom. The molecule has 9 heteroatoms. The highest BCUT2D eigenvalue weighted by Gasteiger charge is 2.19. The molecular weight excluding hydrogens is 432 g/mol. The van der Waals surface area contributed by atoms with Crippen molar-refractivity contribution in [1.29, 1.82) is 0 Å². The van der Waals surface area contributed by atoms with E-state index in [4.69, 9.17) is 16.3 Å². The van der Waals surface area contributed by atoms with E-state index < -0.39 is 17.7 Å². The Morgan fingerprint density at radius 1 is 1.20 bits per heavy atom. The molecule has 2 heterocycles. The molecule has 0 bridgehead atoms. The van der Waals surface area contributed by atoms with Crippen LogP contribution in [-0.2, 0) is 13.0 Å². The van der Waals surface area contributed by atoms with Crippen LogP contribution in [0.4, 0.5) is 18.7 Å². The number of rotatable bonds is 6. The van der Waals surface area contributed by atoms with E-state index in [0.29, 0.717) is 26.8 Å². The van der Waals surface area contributed by atoms with E-state index in [1.807, 2.05) is 12.3 Å². The van der Waals surface area contributed by atoms with Crippen LogP contribution in [-0.4, -0.2) is 15.6 Å². The Balaban J connectivity index is 1.54. The van der Waals surface area contributed by atoms with E-state index in [9.17, 15) is 13.6 Å². The number of carbonyl (C=O) groups is 1. The zero-order chi connectivity index (χ0) is 21.1. The number of nitrogens with zero attached hydrogens (tertiary/aromatic N) is 2. The van der Waals surface area contributed by atoms with Gasteiger partial charge in [0, 0.05) is 18.3 Å². The normalized spacial score (nSPS) is 14.2. The largest absolute Gasteiger partial charge is 0.420 e. The summed E-state index contributed by atoms with van der Waals surface area (Å²) in [5.41, 5.74) is 1.46. The summed E-state index contributed by atoms with van der Waals surface area (Å²) in [6.45, 7) is 0.172. The van der Waals surface area contributed by atoms with Gasteiger partial charge < -0.3 is 9.30 Å². The molecule has 158 valence electrons.